The number of hydrogen-bond acceptors (Lipinski definition) is 3. The molecule has 1 saturated heterocycles. The summed E-state index contributed by atoms with van der Waals surface area (Å²) in [5, 5.41) is 6.96. The minimum Gasteiger partial charge on any atom is -0.381 e. The molecular weight excluding hydrogens is 312 g/mol. The minimum atomic E-state index is -0.267. The van der Waals surface area contributed by atoms with E-state index in [1.165, 1.54) is 0 Å². The van der Waals surface area contributed by atoms with Crippen LogP contribution in [0.2, 0.25) is 5.02 Å². The molecule has 1 aromatic carbocycles. The van der Waals surface area contributed by atoms with Gasteiger partial charge in [-0.3, -0.25) is 4.79 Å². The first-order valence-corrected chi connectivity index (χ1v) is 8.41. The predicted octanol–water partition coefficient (Wildman–Crippen LogP) is 2.67. The summed E-state index contributed by atoms with van der Waals surface area (Å²) in [4.78, 5) is 12.0. The molecule has 0 radical (unpaired) electrons. The molecular formula is C18H25ClN2O2. The summed E-state index contributed by atoms with van der Waals surface area (Å²) in [6, 6.07) is 7.69. The van der Waals surface area contributed by atoms with Crippen LogP contribution in [0, 0.1) is 0 Å². The molecule has 1 atom stereocenters. The summed E-state index contributed by atoms with van der Waals surface area (Å²) >= 11 is 6.43. The van der Waals surface area contributed by atoms with Crippen LogP contribution in [0.3, 0.4) is 0 Å². The Kier molecular flexibility index (Phi) is 6.63. The van der Waals surface area contributed by atoms with Crippen LogP contribution in [0.25, 0.3) is 0 Å². The fourth-order valence-electron chi connectivity index (χ4n) is 2.96. The number of benzene rings is 1. The van der Waals surface area contributed by atoms with Crippen molar-refractivity contribution in [2.75, 3.05) is 26.3 Å². The van der Waals surface area contributed by atoms with Crippen LogP contribution in [-0.2, 0) is 14.9 Å². The lowest BCUT2D eigenvalue weighted by Gasteiger charge is -2.39. The summed E-state index contributed by atoms with van der Waals surface area (Å²) in [6.07, 6.45) is 3.46. The smallest absolute Gasteiger partial charge is 0.237 e. The average Bonchev–Trinajstić information content (AvgIpc) is 2.58. The Morgan fingerprint density at radius 3 is 2.78 bits per heavy atom. The summed E-state index contributed by atoms with van der Waals surface area (Å²) in [5.74, 6) is -0.0220. The number of carbonyl (C=O) groups excluding carboxylic acids is 1. The van der Waals surface area contributed by atoms with Crippen molar-refractivity contribution in [1.82, 2.24) is 10.6 Å². The molecule has 23 heavy (non-hydrogen) atoms. The van der Waals surface area contributed by atoms with E-state index in [-0.39, 0.29) is 17.4 Å². The molecule has 1 heterocycles. The molecule has 4 nitrogen and oxygen atoms in total. The van der Waals surface area contributed by atoms with E-state index in [9.17, 15) is 4.79 Å². The molecule has 2 N–H and O–H groups in total. The number of nitrogens with one attached hydrogen (secondary N) is 2. The van der Waals surface area contributed by atoms with Gasteiger partial charge in [-0.25, -0.2) is 0 Å². The van der Waals surface area contributed by atoms with Crippen LogP contribution in [-0.4, -0.2) is 38.3 Å². The van der Waals surface area contributed by atoms with E-state index in [2.05, 4.69) is 23.3 Å². The van der Waals surface area contributed by atoms with Crippen molar-refractivity contribution >= 4 is 17.5 Å². The van der Waals surface area contributed by atoms with Gasteiger partial charge in [-0.2, -0.15) is 0 Å². The van der Waals surface area contributed by atoms with Crippen LogP contribution in [0.1, 0.15) is 25.3 Å². The highest BCUT2D eigenvalue weighted by molar-refractivity contribution is 6.31. The fraction of sp³-hybridized carbons (Fsp3) is 0.500. The number of hydrogen-bond donors (Lipinski definition) is 2. The van der Waals surface area contributed by atoms with E-state index in [0.29, 0.717) is 26.3 Å². The topological polar surface area (TPSA) is 50.4 Å². The van der Waals surface area contributed by atoms with E-state index in [4.69, 9.17) is 16.3 Å². The Labute approximate surface area is 143 Å². The molecule has 1 aliphatic heterocycles. The monoisotopic (exact) mass is 336 g/mol. The van der Waals surface area contributed by atoms with Crippen LogP contribution in [0.5, 0.6) is 0 Å². The van der Waals surface area contributed by atoms with E-state index >= 15 is 0 Å². The molecule has 0 unspecified atom stereocenters. The molecule has 0 aliphatic carbocycles. The van der Waals surface area contributed by atoms with Gasteiger partial charge in [0.05, 0.1) is 6.04 Å². The summed E-state index contributed by atoms with van der Waals surface area (Å²) in [5.41, 5.74) is 1.04. The van der Waals surface area contributed by atoms with Gasteiger partial charge in [0.2, 0.25) is 5.91 Å². The quantitative estimate of drug-likeness (QED) is 0.753. The van der Waals surface area contributed by atoms with Gasteiger partial charge in [-0.15, -0.1) is 6.58 Å². The number of rotatable bonds is 7. The molecule has 0 bridgehead atoms. The van der Waals surface area contributed by atoms with Gasteiger partial charge in [0, 0.05) is 36.7 Å². The van der Waals surface area contributed by atoms with E-state index in [0.717, 1.165) is 23.4 Å². The van der Waals surface area contributed by atoms with Gasteiger partial charge in [-0.1, -0.05) is 35.9 Å². The lowest BCUT2D eigenvalue weighted by Crippen LogP contribution is -2.49. The lowest BCUT2D eigenvalue weighted by atomic mass is 9.74. The van der Waals surface area contributed by atoms with Crippen molar-refractivity contribution in [2.24, 2.45) is 0 Å². The average molecular weight is 337 g/mol. The standard InChI is InChI=1S/C18H25ClN2O2/c1-3-10-20-17(22)14(2)21-13-18(8-11-23-12-9-18)15-6-4-5-7-16(15)19/h3-7,14,21H,1,8-13H2,2H3,(H,20,22)/t14-/m0/s1. The maximum atomic E-state index is 12.0. The highest BCUT2D eigenvalue weighted by atomic mass is 35.5. The Morgan fingerprint density at radius 2 is 2.13 bits per heavy atom. The lowest BCUT2D eigenvalue weighted by molar-refractivity contribution is -0.122. The zero-order valence-electron chi connectivity index (χ0n) is 13.6. The normalized spacial score (nSPS) is 18.2. The Hall–Kier alpha value is -1.36. The summed E-state index contributed by atoms with van der Waals surface area (Å²) < 4.78 is 5.53. The maximum absolute atomic E-state index is 12.0. The predicted molar refractivity (Wildman–Crippen MR) is 93.9 cm³/mol. The SMILES string of the molecule is C=CCNC(=O)[C@H](C)NCC1(c2ccccc2Cl)CCOCC1. The van der Waals surface area contributed by atoms with Gasteiger partial charge in [-0.05, 0) is 31.4 Å². The molecule has 5 heteroatoms. The highest BCUT2D eigenvalue weighted by Gasteiger charge is 2.36. The van der Waals surface area contributed by atoms with Crippen LogP contribution >= 0.6 is 11.6 Å². The third kappa shape index (κ3) is 4.56. The van der Waals surface area contributed by atoms with Crippen molar-refractivity contribution in [3.8, 4) is 0 Å². The molecule has 2 rings (SSSR count). The molecule has 1 aliphatic rings. The van der Waals surface area contributed by atoms with Gasteiger partial charge in [0.1, 0.15) is 0 Å². The molecule has 1 aromatic rings. The van der Waals surface area contributed by atoms with Crippen molar-refractivity contribution in [3.05, 3.63) is 47.5 Å². The Balaban J connectivity index is 2.09. The molecule has 0 aromatic heterocycles. The van der Waals surface area contributed by atoms with Crippen molar-refractivity contribution in [3.63, 3.8) is 0 Å². The second-order valence-electron chi connectivity index (χ2n) is 6.01. The van der Waals surface area contributed by atoms with Gasteiger partial charge < -0.3 is 15.4 Å². The molecule has 126 valence electrons. The largest absolute Gasteiger partial charge is 0.381 e. The van der Waals surface area contributed by atoms with E-state index in [1.54, 1.807) is 6.08 Å². The maximum Gasteiger partial charge on any atom is 0.237 e. The zero-order valence-corrected chi connectivity index (χ0v) is 14.4. The van der Waals surface area contributed by atoms with Crippen LogP contribution < -0.4 is 10.6 Å². The molecule has 1 fully saturated rings. The second-order valence-corrected chi connectivity index (χ2v) is 6.42. The summed E-state index contributed by atoms with van der Waals surface area (Å²) in [6.45, 7) is 8.08. The number of ether oxygens (including phenoxy) is 1. The minimum absolute atomic E-state index is 0.0220. The Bertz CT molecular complexity index is 542. The van der Waals surface area contributed by atoms with E-state index in [1.807, 2.05) is 25.1 Å². The second kappa shape index (κ2) is 8.48. The van der Waals surface area contributed by atoms with Gasteiger partial charge in [0.25, 0.3) is 0 Å². The highest BCUT2D eigenvalue weighted by Crippen LogP contribution is 2.38. The van der Waals surface area contributed by atoms with Crippen molar-refractivity contribution < 1.29 is 9.53 Å². The van der Waals surface area contributed by atoms with Gasteiger partial charge >= 0.3 is 0 Å². The van der Waals surface area contributed by atoms with Crippen molar-refractivity contribution in [1.29, 1.82) is 0 Å². The zero-order chi connectivity index (χ0) is 16.7. The van der Waals surface area contributed by atoms with Crippen molar-refractivity contribution in [2.45, 2.75) is 31.2 Å². The Morgan fingerprint density at radius 1 is 1.43 bits per heavy atom. The number of amides is 1. The first-order valence-electron chi connectivity index (χ1n) is 8.04. The summed E-state index contributed by atoms with van der Waals surface area (Å²) in [7, 11) is 0. The third-order valence-electron chi connectivity index (χ3n) is 4.46. The van der Waals surface area contributed by atoms with Gasteiger partial charge in [0.15, 0.2) is 0 Å². The first-order chi connectivity index (χ1) is 11.1. The fourth-order valence-corrected chi connectivity index (χ4v) is 3.30. The number of halogens is 1. The number of carbonyl (C=O) groups is 1. The van der Waals surface area contributed by atoms with Crippen LogP contribution in [0.4, 0.5) is 0 Å². The first kappa shape index (κ1) is 18.0. The van der Waals surface area contributed by atoms with Crippen LogP contribution in [0.15, 0.2) is 36.9 Å². The molecule has 1 amide bonds. The van der Waals surface area contributed by atoms with E-state index < -0.39 is 0 Å². The molecule has 0 saturated carbocycles. The molecule has 0 spiro atoms. The third-order valence-corrected chi connectivity index (χ3v) is 4.79.